The van der Waals surface area contributed by atoms with Gasteiger partial charge in [-0.2, -0.15) is 4.31 Å². The third kappa shape index (κ3) is 3.45. The predicted molar refractivity (Wildman–Crippen MR) is 75.5 cm³/mol. The van der Waals surface area contributed by atoms with E-state index in [9.17, 15) is 13.2 Å². The molecule has 1 fully saturated rings. The fraction of sp³-hybridized carbons (Fsp3) is 0.615. The Bertz CT molecular complexity index is 593. The number of nitrogens with zero attached hydrogens (tertiary/aromatic N) is 1. The number of sulfonamides is 1. The minimum Gasteiger partial charge on any atom is -0.463 e. The van der Waals surface area contributed by atoms with E-state index in [1.54, 1.807) is 0 Å². The second kappa shape index (κ2) is 6.59. The van der Waals surface area contributed by atoms with E-state index in [2.05, 4.69) is 10.1 Å². The lowest BCUT2D eigenvalue weighted by molar-refractivity contribution is 0.0558. The van der Waals surface area contributed by atoms with Gasteiger partial charge in [0.2, 0.25) is 10.9 Å². The van der Waals surface area contributed by atoms with Crippen molar-refractivity contribution in [2.75, 3.05) is 33.8 Å². The summed E-state index contributed by atoms with van der Waals surface area (Å²) >= 11 is 0. The van der Waals surface area contributed by atoms with Gasteiger partial charge in [0.1, 0.15) is 0 Å². The lowest BCUT2D eigenvalue weighted by Crippen LogP contribution is -2.42. The molecule has 0 saturated carbocycles. The van der Waals surface area contributed by atoms with Crippen LogP contribution < -0.4 is 5.32 Å². The van der Waals surface area contributed by atoms with E-state index in [0.29, 0.717) is 13.1 Å². The summed E-state index contributed by atoms with van der Waals surface area (Å²) in [6.07, 6.45) is 1.81. The van der Waals surface area contributed by atoms with Gasteiger partial charge >= 0.3 is 5.97 Å². The van der Waals surface area contributed by atoms with Crippen molar-refractivity contribution in [2.45, 2.75) is 17.9 Å². The van der Waals surface area contributed by atoms with Crippen LogP contribution in [0.3, 0.4) is 0 Å². The molecule has 1 saturated heterocycles. The Morgan fingerprint density at radius 3 is 2.95 bits per heavy atom. The van der Waals surface area contributed by atoms with Crippen molar-refractivity contribution < 1.29 is 22.4 Å². The number of rotatable bonds is 5. The number of esters is 1. The Hall–Kier alpha value is -1.38. The number of methoxy groups -OCH3 is 1. The van der Waals surface area contributed by atoms with Crippen LogP contribution >= 0.6 is 0 Å². The van der Waals surface area contributed by atoms with Gasteiger partial charge < -0.3 is 14.5 Å². The van der Waals surface area contributed by atoms with Gasteiger partial charge in [-0.3, -0.25) is 0 Å². The van der Waals surface area contributed by atoms with Crippen LogP contribution in [0.4, 0.5) is 0 Å². The lowest BCUT2D eigenvalue weighted by atomic mass is 10.00. The summed E-state index contributed by atoms with van der Waals surface area (Å²) in [4.78, 5) is 11.3. The van der Waals surface area contributed by atoms with E-state index in [1.807, 2.05) is 7.05 Å². The average molecular weight is 316 g/mol. The summed E-state index contributed by atoms with van der Waals surface area (Å²) < 4.78 is 36.1. The highest BCUT2D eigenvalue weighted by Gasteiger charge is 2.32. The van der Waals surface area contributed by atoms with Crippen LogP contribution in [-0.2, 0) is 14.8 Å². The third-order valence-corrected chi connectivity index (χ3v) is 5.28. The molecule has 1 aromatic heterocycles. The smallest absolute Gasteiger partial charge is 0.374 e. The summed E-state index contributed by atoms with van der Waals surface area (Å²) in [5, 5.41) is 2.85. The van der Waals surface area contributed by atoms with Gasteiger partial charge in [0.05, 0.1) is 7.11 Å². The van der Waals surface area contributed by atoms with E-state index in [0.717, 1.165) is 19.4 Å². The molecule has 8 heteroatoms. The Morgan fingerprint density at radius 1 is 1.52 bits per heavy atom. The predicted octanol–water partition coefficient (Wildman–Crippen LogP) is 0.686. The van der Waals surface area contributed by atoms with Crippen molar-refractivity contribution >= 4 is 16.0 Å². The zero-order valence-corrected chi connectivity index (χ0v) is 13.0. The van der Waals surface area contributed by atoms with Crippen LogP contribution in [0, 0.1) is 5.92 Å². The molecular formula is C13H20N2O5S. The summed E-state index contributed by atoms with van der Waals surface area (Å²) in [5.74, 6) is -0.517. The van der Waals surface area contributed by atoms with Crippen molar-refractivity contribution in [2.24, 2.45) is 5.92 Å². The molecule has 2 rings (SSSR count). The first-order valence-corrected chi connectivity index (χ1v) is 8.26. The summed E-state index contributed by atoms with van der Waals surface area (Å²) in [6.45, 7) is 1.70. The van der Waals surface area contributed by atoms with Crippen LogP contribution in [0.5, 0.6) is 0 Å². The molecule has 1 aliphatic rings. The second-order valence-corrected chi connectivity index (χ2v) is 6.91. The molecule has 1 unspecified atom stereocenters. The summed E-state index contributed by atoms with van der Waals surface area (Å²) in [7, 11) is -0.639. The first kappa shape index (κ1) is 16.0. The number of furan rings is 1. The standard InChI is InChI=1S/C13H20N2O5S/c1-14-8-10-4-3-7-15(9-10)21(17,18)12-6-5-11(20-12)13(16)19-2/h5-6,10,14H,3-4,7-9H2,1-2H3. The summed E-state index contributed by atoms with van der Waals surface area (Å²) in [6, 6.07) is 2.61. The molecule has 2 heterocycles. The minimum absolute atomic E-state index is 0.111. The van der Waals surface area contributed by atoms with Crippen molar-refractivity contribution in [1.29, 1.82) is 0 Å². The van der Waals surface area contributed by atoms with E-state index in [4.69, 9.17) is 4.42 Å². The van der Waals surface area contributed by atoms with Crippen molar-refractivity contribution in [3.8, 4) is 0 Å². The molecule has 118 valence electrons. The van der Waals surface area contributed by atoms with Crippen LogP contribution in [-0.4, -0.2) is 52.5 Å². The molecule has 0 amide bonds. The minimum atomic E-state index is -3.70. The topological polar surface area (TPSA) is 88.9 Å². The largest absolute Gasteiger partial charge is 0.463 e. The molecule has 0 radical (unpaired) electrons. The highest BCUT2D eigenvalue weighted by molar-refractivity contribution is 7.89. The van der Waals surface area contributed by atoms with Gasteiger partial charge in [-0.1, -0.05) is 0 Å². The molecule has 0 spiro atoms. The molecule has 7 nitrogen and oxygen atoms in total. The molecule has 1 aliphatic heterocycles. The second-order valence-electron chi connectivity index (χ2n) is 5.04. The molecule has 1 atom stereocenters. The molecule has 0 bridgehead atoms. The number of nitrogens with one attached hydrogen (secondary N) is 1. The molecule has 21 heavy (non-hydrogen) atoms. The maximum absolute atomic E-state index is 12.5. The van der Waals surface area contributed by atoms with Gasteiger partial charge in [-0.05, 0) is 44.5 Å². The zero-order chi connectivity index (χ0) is 15.5. The van der Waals surface area contributed by atoms with E-state index in [1.165, 1.54) is 23.5 Å². The molecule has 0 aromatic carbocycles. The quantitative estimate of drug-likeness (QED) is 0.804. The number of hydrogen-bond acceptors (Lipinski definition) is 6. The monoisotopic (exact) mass is 316 g/mol. The van der Waals surface area contributed by atoms with Crippen LogP contribution in [0.1, 0.15) is 23.4 Å². The fourth-order valence-corrected chi connectivity index (χ4v) is 3.96. The van der Waals surface area contributed by atoms with Crippen LogP contribution in [0.2, 0.25) is 0 Å². The fourth-order valence-electron chi connectivity index (χ4n) is 2.50. The number of hydrogen-bond donors (Lipinski definition) is 1. The van der Waals surface area contributed by atoms with Gasteiger partial charge in [0.25, 0.3) is 10.0 Å². The van der Waals surface area contributed by atoms with Gasteiger partial charge in [-0.25, -0.2) is 13.2 Å². The van der Waals surface area contributed by atoms with E-state index in [-0.39, 0.29) is 16.8 Å². The van der Waals surface area contributed by atoms with E-state index < -0.39 is 16.0 Å². The summed E-state index contributed by atoms with van der Waals surface area (Å²) in [5.41, 5.74) is 0. The SMILES string of the molecule is CNCC1CCCN(S(=O)(=O)c2ccc(C(=O)OC)o2)C1. The van der Waals surface area contributed by atoms with Crippen molar-refractivity contribution in [3.05, 3.63) is 17.9 Å². The van der Waals surface area contributed by atoms with Gasteiger partial charge in [-0.15, -0.1) is 0 Å². The maximum Gasteiger partial charge on any atom is 0.374 e. The van der Waals surface area contributed by atoms with Crippen molar-refractivity contribution in [1.82, 2.24) is 9.62 Å². The number of piperidine rings is 1. The molecule has 1 N–H and O–H groups in total. The molecular weight excluding hydrogens is 296 g/mol. The zero-order valence-electron chi connectivity index (χ0n) is 12.2. The lowest BCUT2D eigenvalue weighted by Gasteiger charge is -2.31. The Morgan fingerprint density at radius 2 is 2.29 bits per heavy atom. The number of ether oxygens (including phenoxy) is 1. The Kier molecular flexibility index (Phi) is 5.02. The van der Waals surface area contributed by atoms with Crippen LogP contribution in [0.25, 0.3) is 0 Å². The number of carbonyl (C=O) groups excluding carboxylic acids is 1. The van der Waals surface area contributed by atoms with Gasteiger partial charge in [0, 0.05) is 13.1 Å². The average Bonchev–Trinajstić information content (AvgIpc) is 2.97. The molecule has 1 aromatic rings. The molecule has 0 aliphatic carbocycles. The highest BCUT2D eigenvalue weighted by atomic mass is 32.2. The Balaban J connectivity index is 2.17. The number of carbonyl (C=O) groups is 1. The third-order valence-electron chi connectivity index (χ3n) is 3.54. The maximum atomic E-state index is 12.5. The van der Waals surface area contributed by atoms with E-state index >= 15 is 0 Å². The first-order chi connectivity index (χ1) is 9.98. The van der Waals surface area contributed by atoms with Crippen molar-refractivity contribution in [3.63, 3.8) is 0 Å². The first-order valence-electron chi connectivity index (χ1n) is 6.82. The van der Waals surface area contributed by atoms with Gasteiger partial charge in [0.15, 0.2) is 0 Å². The normalized spacial score (nSPS) is 20.4. The van der Waals surface area contributed by atoms with Crippen LogP contribution in [0.15, 0.2) is 21.6 Å². The Labute approximate surface area is 124 Å². The highest BCUT2D eigenvalue weighted by Crippen LogP contribution is 2.25.